The Morgan fingerprint density at radius 1 is 1.38 bits per heavy atom. The maximum absolute atomic E-state index is 5.73. The molecule has 2 aromatic rings. The van der Waals surface area contributed by atoms with Crippen molar-refractivity contribution in [1.82, 2.24) is 14.8 Å². The molecule has 0 spiro atoms. The Morgan fingerprint density at radius 3 is 2.62 bits per heavy atom. The van der Waals surface area contributed by atoms with E-state index < -0.39 is 0 Å². The Hall–Kier alpha value is -1.62. The van der Waals surface area contributed by atoms with Crippen molar-refractivity contribution in [3.63, 3.8) is 0 Å². The summed E-state index contributed by atoms with van der Waals surface area (Å²) in [6, 6.07) is 8.27. The van der Waals surface area contributed by atoms with Gasteiger partial charge in [0.25, 0.3) is 0 Å². The molecule has 0 fully saturated rings. The van der Waals surface area contributed by atoms with Gasteiger partial charge < -0.3 is 5.73 Å². The minimum absolute atomic E-state index is 0.427. The van der Waals surface area contributed by atoms with Crippen LogP contribution < -0.4 is 5.73 Å². The monoisotopic (exact) mass is 234 g/mol. The van der Waals surface area contributed by atoms with Crippen molar-refractivity contribution in [1.29, 1.82) is 0 Å². The first-order chi connectivity index (χ1) is 7.72. The number of benzene rings is 1. The summed E-state index contributed by atoms with van der Waals surface area (Å²) in [6.45, 7) is 2.81. The van der Waals surface area contributed by atoms with E-state index in [-0.39, 0.29) is 0 Å². The van der Waals surface area contributed by atoms with E-state index in [4.69, 9.17) is 18.0 Å². The van der Waals surface area contributed by atoms with Gasteiger partial charge >= 0.3 is 0 Å². The molecule has 1 aromatic carbocycles. The van der Waals surface area contributed by atoms with E-state index in [1.165, 1.54) is 11.1 Å². The first kappa shape index (κ1) is 10.9. The van der Waals surface area contributed by atoms with Crippen LogP contribution in [0.3, 0.4) is 0 Å². The van der Waals surface area contributed by atoms with Gasteiger partial charge in [-0.25, -0.2) is 5.10 Å². The van der Waals surface area contributed by atoms with E-state index in [1.54, 1.807) is 4.57 Å². The molecule has 0 unspecified atom stereocenters. The maximum Gasteiger partial charge on any atom is 0.220 e. The second-order valence-corrected chi connectivity index (χ2v) is 3.98. The average molecular weight is 234 g/mol. The molecule has 0 aliphatic heterocycles. The quantitative estimate of drug-likeness (QED) is 0.800. The largest absolute Gasteiger partial charge is 0.368 e. The minimum atomic E-state index is 0.427. The first-order valence-electron chi connectivity index (χ1n) is 5.20. The van der Waals surface area contributed by atoms with Gasteiger partial charge in [0.05, 0.1) is 6.54 Å². The van der Waals surface area contributed by atoms with Crippen LogP contribution in [-0.4, -0.2) is 14.8 Å². The fourth-order valence-corrected chi connectivity index (χ4v) is 1.91. The lowest BCUT2D eigenvalue weighted by Crippen LogP contribution is -2.06. The van der Waals surface area contributed by atoms with Crippen LogP contribution in [0.15, 0.2) is 24.3 Å². The fourth-order valence-electron chi connectivity index (χ4n) is 1.71. The summed E-state index contributed by atoms with van der Waals surface area (Å²) in [5.74, 6) is 0.427. The zero-order chi connectivity index (χ0) is 11.5. The summed E-state index contributed by atoms with van der Waals surface area (Å²) in [4.78, 5) is 0. The van der Waals surface area contributed by atoms with Gasteiger partial charge in [-0.2, -0.15) is 0 Å². The zero-order valence-corrected chi connectivity index (χ0v) is 9.92. The highest BCUT2D eigenvalue weighted by Crippen LogP contribution is 2.13. The maximum atomic E-state index is 5.73. The van der Waals surface area contributed by atoms with Gasteiger partial charge in [-0.3, -0.25) is 4.57 Å². The smallest absolute Gasteiger partial charge is 0.220 e. The third-order valence-electron chi connectivity index (χ3n) is 2.62. The Balaban J connectivity index is 2.37. The normalized spacial score (nSPS) is 10.6. The lowest BCUT2D eigenvalue weighted by atomic mass is 10.1. The van der Waals surface area contributed by atoms with Crippen molar-refractivity contribution in [2.45, 2.75) is 19.9 Å². The number of aryl methyl sites for hydroxylation is 1. The van der Waals surface area contributed by atoms with Crippen LogP contribution >= 0.6 is 12.2 Å². The molecular weight excluding hydrogens is 220 g/mol. The molecule has 3 N–H and O–H groups in total. The number of nitrogens with one attached hydrogen (secondary N) is 1. The van der Waals surface area contributed by atoms with E-state index in [0.29, 0.717) is 17.3 Å². The highest BCUT2D eigenvalue weighted by molar-refractivity contribution is 7.71. The van der Waals surface area contributed by atoms with E-state index in [2.05, 4.69) is 29.3 Å². The van der Waals surface area contributed by atoms with Crippen LogP contribution in [0.4, 0.5) is 5.95 Å². The van der Waals surface area contributed by atoms with Crippen LogP contribution in [0, 0.1) is 4.77 Å². The van der Waals surface area contributed by atoms with E-state index in [9.17, 15) is 0 Å². The molecule has 0 radical (unpaired) electrons. The van der Waals surface area contributed by atoms with Crippen molar-refractivity contribution in [3.8, 4) is 0 Å². The number of H-pyrrole nitrogens is 1. The highest BCUT2D eigenvalue weighted by Gasteiger charge is 2.05. The van der Waals surface area contributed by atoms with Gasteiger partial charge in [-0.1, -0.05) is 31.2 Å². The Kier molecular flexibility index (Phi) is 3.05. The Morgan fingerprint density at radius 2 is 2.06 bits per heavy atom. The molecule has 4 nitrogen and oxygen atoms in total. The van der Waals surface area contributed by atoms with Crippen molar-refractivity contribution >= 4 is 18.2 Å². The molecule has 1 aromatic heterocycles. The van der Waals surface area contributed by atoms with E-state index in [1.807, 2.05) is 12.1 Å². The summed E-state index contributed by atoms with van der Waals surface area (Å²) in [5, 5.41) is 6.58. The summed E-state index contributed by atoms with van der Waals surface area (Å²) >= 11 is 5.12. The number of hydrogen-bond acceptors (Lipinski definition) is 3. The van der Waals surface area contributed by atoms with Crippen LogP contribution in [0.1, 0.15) is 18.1 Å². The zero-order valence-electron chi connectivity index (χ0n) is 9.10. The number of aromatic amines is 1. The number of rotatable bonds is 3. The number of anilines is 1. The minimum Gasteiger partial charge on any atom is -0.368 e. The van der Waals surface area contributed by atoms with Gasteiger partial charge in [0.15, 0.2) is 4.77 Å². The molecule has 0 saturated heterocycles. The highest BCUT2D eigenvalue weighted by atomic mass is 32.1. The van der Waals surface area contributed by atoms with E-state index in [0.717, 1.165) is 6.42 Å². The van der Waals surface area contributed by atoms with Gasteiger partial charge in [0.1, 0.15) is 0 Å². The summed E-state index contributed by atoms with van der Waals surface area (Å²) in [7, 11) is 0. The molecule has 0 amide bonds. The van der Waals surface area contributed by atoms with Gasteiger partial charge in [-0.15, -0.1) is 5.10 Å². The second-order valence-electron chi connectivity index (χ2n) is 3.60. The second kappa shape index (κ2) is 4.49. The van der Waals surface area contributed by atoms with Crippen molar-refractivity contribution in [2.75, 3.05) is 5.73 Å². The van der Waals surface area contributed by atoms with Crippen LogP contribution in [0.25, 0.3) is 0 Å². The molecule has 84 valence electrons. The number of nitrogens with two attached hydrogens (primary N) is 1. The predicted octanol–water partition coefficient (Wildman–Crippen LogP) is 2.13. The number of nitrogens with zero attached hydrogens (tertiary/aromatic N) is 2. The molecule has 0 aliphatic rings. The molecular formula is C11H14N4S. The Bertz CT molecular complexity index is 541. The average Bonchev–Trinajstić information content (AvgIpc) is 2.61. The van der Waals surface area contributed by atoms with Crippen molar-refractivity contribution in [2.24, 2.45) is 0 Å². The summed E-state index contributed by atoms with van der Waals surface area (Å²) in [5.41, 5.74) is 8.28. The fraction of sp³-hybridized carbons (Fsp3) is 0.273. The summed E-state index contributed by atoms with van der Waals surface area (Å²) < 4.78 is 2.35. The standard InChI is InChI=1S/C11H14N4S/c1-2-8-5-3-4-6-9(8)7-15-10(12)13-14-11(15)16/h3-6H,2,7H2,1H3,(H2,12,13)(H,14,16). The lowest BCUT2D eigenvalue weighted by Gasteiger charge is -2.08. The SMILES string of the molecule is CCc1ccccc1Cn1c(N)n[nH]c1=S. The van der Waals surface area contributed by atoms with Crippen LogP contribution in [0.5, 0.6) is 0 Å². The first-order valence-corrected chi connectivity index (χ1v) is 5.60. The lowest BCUT2D eigenvalue weighted by molar-refractivity contribution is 0.783. The third-order valence-corrected chi connectivity index (χ3v) is 2.93. The van der Waals surface area contributed by atoms with Crippen LogP contribution in [-0.2, 0) is 13.0 Å². The molecule has 2 rings (SSSR count). The predicted molar refractivity (Wildman–Crippen MR) is 66.7 cm³/mol. The van der Waals surface area contributed by atoms with Crippen molar-refractivity contribution in [3.05, 3.63) is 40.2 Å². The van der Waals surface area contributed by atoms with E-state index >= 15 is 0 Å². The van der Waals surface area contributed by atoms with Gasteiger partial charge in [0, 0.05) is 0 Å². The Labute approximate surface area is 99.1 Å². The van der Waals surface area contributed by atoms with Gasteiger partial charge in [0.2, 0.25) is 5.95 Å². The van der Waals surface area contributed by atoms with Crippen LogP contribution in [0.2, 0.25) is 0 Å². The number of hydrogen-bond donors (Lipinski definition) is 2. The third kappa shape index (κ3) is 1.99. The molecule has 0 saturated carbocycles. The summed E-state index contributed by atoms with van der Waals surface area (Å²) in [6.07, 6.45) is 1.00. The van der Waals surface area contributed by atoms with Gasteiger partial charge in [-0.05, 0) is 29.8 Å². The molecule has 16 heavy (non-hydrogen) atoms. The van der Waals surface area contributed by atoms with Crippen molar-refractivity contribution < 1.29 is 0 Å². The topological polar surface area (TPSA) is 59.6 Å². The molecule has 5 heteroatoms. The number of nitrogen functional groups attached to an aromatic ring is 1. The molecule has 1 heterocycles. The molecule has 0 bridgehead atoms. The number of aromatic nitrogens is 3. The molecule has 0 aliphatic carbocycles. The molecule has 0 atom stereocenters.